The van der Waals surface area contributed by atoms with Gasteiger partial charge in [-0.3, -0.25) is 0 Å². The number of nitrogens with zero attached hydrogens (tertiary/aromatic N) is 1. The van der Waals surface area contributed by atoms with Crippen LogP contribution in [0.2, 0.25) is 0 Å². The van der Waals surface area contributed by atoms with E-state index >= 15 is 0 Å². The summed E-state index contributed by atoms with van der Waals surface area (Å²) < 4.78 is 44.6. The number of hydrogen-bond acceptors (Lipinski definition) is 4. The first kappa shape index (κ1) is 16.7. The largest absolute Gasteiger partial charge is 0.492 e. The van der Waals surface area contributed by atoms with Crippen LogP contribution in [-0.2, 0) is 10.0 Å². The maximum absolute atomic E-state index is 13.8. The van der Waals surface area contributed by atoms with Crippen LogP contribution in [0.4, 0.5) is 10.1 Å². The van der Waals surface area contributed by atoms with Crippen LogP contribution in [0.3, 0.4) is 0 Å². The summed E-state index contributed by atoms with van der Waals surface area (Å²) in [7, 11) is -1.02. The highest BCUT2D eigenvalue weighted by Gasteiger charge is 2.27. The van der Waals surface area contributed by atoms with Gasteiger partial charge in [0.25, 0.3) is 0 Å². The lowest BCUT2D eigenvalue weighted by atomic mass is 10.2. The number of ether oxygens (including phenoxy) is 1. The minimum atomic E-state index is -3.77. The molecular weight excluding hydrogens is 283 g/mol. The fourth-order valence-electron chi connectivity index (χ4n) is 1.96. The summed E-state index contributed by atoms with van der Waals surface area (Å²) in [5, 5.41) is 0. The fourth-order valence-corrected chi connectivity index (χ4v) is 3.40. The first-order chi connectivity index (χ1) is 9.25. The van der Waals surface area contributed by atoms with Gasteiger partial charge in [-0.1, -0.05) is 13.3 Å². The first-order valence-corrected chi connectivity index (χ1v) is 7.80. The Morgan fingerprint density at radius 2 is 2.05 bits per heavy atom. The molecule has 0 heterocycles. The van der Waals surface area contributed by atoms with E-state index in [1.54, 1.807) is 0 Å². The van der Waals surface area contributed by atoms with Gasteiger partial charge < -0.3 is 10.5 Å². The number of nitrogen functional groups attached to an aromatic ring is 1. The van der Waals surface area contributed by atoms with Crippen LogP contribution in [0.1, 0.15) is 26.7 Å². The average molecular weight is 304 g/mol. The van der Waals surface area contributed by atoms with E-state index < -0.39 is 15.8 Å². The highest BCUT2D eigenvalue weighted by Crippen LogP contribution is 2.30. The summed E-state index contributed by atoms with van der Waals surface area (Å²) in [6.07, 6.45) is 1.59. The predicted octanol–water partition coefficient (Wildman–Crippen LogP) is 2.23. The molecule has 1 unspecified atom stereocenters. The van der Waals surface area contributed by atoms with Gasteiger partial charge in [0.05, 0.1) is 17.7 Å². The molecule has 0 fully saturated rings. The van der Waals surface area contributed by atoms with Crippen LogP contribution >= 0.6 is 0 Å². The number of methoxy groups -OCH3 is 1. The van der Waals surface area contributed by atoms with Crippen molar-refractivity contribution in [2.24, 2.45) is 0 Å². The topological polar surface area (TPSA) is 72.6 Å². The predicted molar refractivity (Wildman–Crippen MR) is 76.7 cm³/mol. The molecule has 0 aliphatic heterocycles. The van der Waals surface area contributed by atoms with Crippen molar-refractivity contribution >= 4 is 15.7 Å². The Morgan fingerprint density at radius 3 is 2.50 bits per heavy atom. The number of rotatable bonds is 6. The third kappa shape index (κ3) is 3.21. The lowest BCUT2D eigenvalue weighted by Gasteiger charge is -2.24. The number of nitrogens with two attached hydrogens (primary N) is 1. The normalized spacial score (nSPS) is 13.5. The van der Waals surface area contributed by atoms with E-state index in [9.17, 15) is 12.8 Å². The van der Waals surface area contributed by atoms with Gasteiger partial charge in [-0.15, -0.1) is 0 Å². The van der Waals surface area contributed by atoms with E-state index in [0.29, 0.717) is 0 Å². The molecular formula is C13H21FN2O3S. The molecule has 0 radical (unpaired) electrons. The van der Waals surface area contributed by atoms with E-state index in [0.717, 1.165) is 18.9 Å². The molecule has 7 heteroatoms. The second kappa shape index (κ2) is 6.41. The highest BCUT2D eigenvalue weighted by atomic mass is 32.2. The lowest BCUT2D eigenvalue weighted by molar-refractivity contribution is 0.367. The van der Waals surface area contributed by atoms with Gasteiger partial charge in [0.2, 0.25) is 10.0 Å². The van der Waals surface area contributed by atoms with Gasteiger partial charge in [-0.25, -0.2) is 12.8 Å². The molecule has 0 aromatic heterocycles. The Bertz CT molecular complexity index is 552. The Morgan fingerprint density at radius 1 is 1.45 bits per heavy atom. The molecule has 5 nitrogen and oxygen atoms in total. The van der Waals surface area contributed by atoms with Gasteiger partial charge in [-0.05, 0) is 25.5 Å². The van der Waals surface area contributed by atoms with Crippen molar-refractivity contribution in [3.63, 3.8) is 0 Å². The smallest absolute Gasteiger partial charge is 0.243 e. The Hall–Kier alpha value is -1.34. The molecule has 0 spiro atoms. The van der Waals surface area contributed by atoms with Crippen LogP contribution in [0.15, 0.2) is 17.0 Å². The molecule has 1 atom stereocenters. The van der Waals surface area contributed by atoms with Gasteiger partial charge in [0, 0.05) is 13.1 Å². The molecule has 0 amide bonds. The Kier molecular flexibility index (Phi) is 5.35. The average Bonchev–Trinajstić information content (AvgIpc) is 2.37. The van der Waals surface area contributed by atoms with Crippen LogP contribution < -0.4 is 10.5 Å². The number of hydrogen-bond donors (Lipinski definition) is 1. The number of sulfonamides is 1. The van der Waals surface area contributed by atoms with E-state index in [2.05, 4.69) is 0 Å². The molecule has 1 rings (SSSR count). The molecule has 0 saturated carbocycles. The summed E-state index contributed by atoms with van der Waals surface area (Å²) >= 11 is 0. The molecule has 1 aromatic rings. The van der Waals surface area contributed by atoms with E-state index in [4.69, 9.17) is 10.5 Å². The summed E-state index contributed by atoms with van der Waals surface area (Å²) in [5.74, 6) is -0.934. The summed E-state index contributed by atoms with van der Waals surface area (Å²) in [6.45, 7) is 3.78. The number of halogens is 1. The summed E-state index contributed by atoms with van der Waals surface area (Å²) in [6, 6.07) is 1.97. The van der Waals surface area contributed by atoms with Crippen molar-refractivity contribution in [3.05, 3.63) is 17.9 Å². The molecule has 0 aliphatic carbocycles. The minimum Gasteiger partial charge on any atom is -0.492 e. The standard InChI is InChI=1S/C13H21FN2O3S/c1-5-6-9(2)16(3)20(17,18)10-7-11(14)13(19-4)12(15)8-10/h7-9H,5-6,15H2,1-4H3. The zero-order chi connectivity index (χ0) is 15.5. The van der Waals surface area contributed by atoms with Crippen molar-refractivity contribution in [2.75, 3.05) is 19.9 Å². The SMILES string of the molecule is CCCC(C)N(C)S(=O)(=O)c1cc(N)c(OC)c(F)c1. The molecule has 1 aromatic carbocycles. The monoisotopic (exact) mass is 304 g/mol. The third-order valence-electron chi connectivity index (χ3n) is 3.25. The Labute approximate surface area is 119 Å². The number of benzene rings is 1. The van der Waals surface area contributed by atoms with Crippen molar-refractivity contribution < 1.29 is 17.5 Å². The maximum Gasteiger partial charge on any atom is 0.243 e. The molecule has 2 N–H and O–H groups in total. The zero-order valence-electron chi connectivity index (χ0n) is 12.2. The molecule has 0 aliphatic rings. The van der Waals surface area contributed by atoms with Gasteiger partial charge >= 0.3 is 0 Å². The summed E-state index contributed by atoms with van der Waals surface area (Å²) in [5.41, 5.74) is 5.58. The molecule has 20 heavy (non-hydrogen) atoms. The molecule has 114 valence electrons. The van der Waals surface area contributed by atoms with E-state index in [-0.39, 0.29) is 22.4 Å². The second-order valence-corrected chi connectivity index (χ2v) is 6.68. The van der Waals surface area contributed by atoms with Crippen LogP contribution in [-0.4, -0.2) is 32.9 Å². The quantitative estimate of drug-likeness (QED) is 0.818. The fraction of sp³-hybridized carbons (Fsp3) is 0.538. The van der Waals surface area contributed by atoms with E-state index in [1.165, 1.54) is 24.5 Å². The third-order valence-corrected chi connectivity index (χ3v) is 5.20. The zero-order valence-corrected chi connectivity index (χ0v) is 13.0. The summed E-state index contributed by atoms with van der Waals surface area (Å²) in [4.78, 5) is -0.168. The Balaban J connectivity index is 3.23. The van der Waals surface area contributed by atoms with Gasteiger partial charge in [-0.2, -0.15) is 4.31 Å². The maximum atomic E-state index is 13.8. The molecule has 0 saturated heterocycles. The van der Waals surface area contributed by atoms with Crippen molar-refractivity contribution in [1.29, 1.82) is 0 Å². The van der Waals surface area contributed by atoms with Gasteiger partial charge in [0.15, 0.2) is 11.6 Å². The van der Waals surface area contributed by atoms with Crippen molar-refractivity contribution in [3.8, 4) is 5.75 Å². The van der Waals surface area contributed by atoms with Crippen LogP contribution in [0.5, 0.6) is 5.75 Å². The first-order valence-electron chi connectivity index (χ1n) is 6.36. The van der Waals surface area contributed by atoms with Crippen LogP contribution in [0, 0.1) is 5.82 Å². The minimum absolute atomic E-state index is 0.0392. The highest BCUT2D eigenvalue weighted by molar-refractivity contribution is 7.89. The van der Waals surface area contributed by atoms with Crippen LogP contribution in [0.25, 0.3) is 0 Å². The second-order valence-electron chi connectivity index (χ2n) is 4.69. The van der Waals surface area contributed by atoms with Crippen molar-refractivity contribution in [1.82, 2.24) is 4.31 Å². The van der Waals surface area contributed by atoms with E-state index in [1.807, 2.05) is 13.8 Å². The van der Waals surface area contributed by atoms with Crippen molar-refractivity contribution in [2.45, 2.75) is 37.6 Å². The molecule has 0 bridgehead atoms. The lowest BCUT2D eigenvalue weighted by Crippen LogP contribution is -2.35. The number of anilines is 1. The van der Waals surface area contributed by atoms with Gasteiger partial charge in [0.1, 0.15) is 0 Å².